The summed E-state index contributed by atoms with van der Waals surface area (Å²) in [6, 6.07) is 11.0. The van der Waals surface area contributed by atoms with Crippen molar-refractivity contribution in [2.24, 2.45) is 5.92 Å². The van der Waals surface area contributed by atoms with Crippen molar-refractivity contribution in [1.29, 1.82) is 0 Å². The molecule has 0 aliphatic carbocycles. The van der Waals surface area contributed by atoms with Crippen LogP contribution < -0.4 is 29.6 Å². The Bertz CT molecular complexity index is 1120. The molecular formula is C29H39N3O6. The van der Waals surface area contributed by atoms with Gasteiger partial charge in [-0.05, 0) is 48.6 Å². The van der Waals surface area contributed by atoms with Gasteiger partial charge in [-0.1, -0.05) is 19.9 Å². The van der Waals surface area contributed by atoms with E-state index in [4.69, 9.17) is 18.9 Å². The highest BCUT2D eigenvalue weighted by atomic mass is 16.5. The third-order valence-electron chi connectivity index (χ3n) is 6.85. The Kier molecular flexibility index (Phi) is 9.33. The van der Waals surface area contributed by atoms with Crippen LogP contribution in [-0.2, 0) is 22.6 Å². The summed E-state index contributed by atoms with van der Waals surface area (Å²) in [5, 5.41) is 6.12. The van der Waals surface area contributed by atoms with Gasteiger partial charge in [-0.2, -0.15) is 0 Å². The summed E-state index contributed by atoms with van der Waals surface area (Å²) in [4.78, 5) is 28.0. The first-order valence-corrected chi connectivity index (χ1v) is 13.3. The van der Waals surface area contributed by atoms with Crippen LogP contribution in [0.2, 0.25) is 0 Å². The molecule has 206 valence electrons. The van der Waals surface area contributed by atoms with Crippen LogP contribution in [0, 0.1) is 5.92 Å². The summed E-state index contributed by atoms with van der Waals surface area (Å²) in [5.41, 5.74) is 1.78. The summed E-state index contributed by atoms with van der Waals surface area (Å²) in [6.07, 6.45) is 1.40. The topological polar surface area (TPSA) is 98.4 Å². The number of ether oxygens (including phenoxy) is 4. The Morgan fingerprint density at radius 2 is 1.84 bits per heavy atom. The molecule has 1 saturated heterocycles. The van der Waals surface area contributed by atoms with E-state index < -0.39 is 0 Å². The second-order valence-corrected chi connectivity index (χ2v) is 10.3. The number of rotatable bonds is 4. The van der Waals surface area contributed by atoms with E-state index in [-0.39, 0.29) is 30.6 Å². The van der Waals surface area contributed by atoms with Crippen LogP contribution >= 0.6 is 0 Å². The van der Waals surface area contributed by atoms with Gasteiger partial charge < -0.3 is 34.5 Å². The van der Waals surface area contributed by atoms with Gasteiger partial charge in [0, 0.05) is 44.2 Å². The van der Waals surface area contributed by atoms with Crippen molar-refractivity contribution in [1.82, 2.24) is 15.5 Å². The Labute approximate surface area is 224 Å². The number of carbonyl (C=O) groups excluding carboxylic acids is 2. The fourth-order valence-electron chi connectivity index (χ4n) is 5.00. The van der Waals surface area contributed by atoms with Gasteiger partial charge in [0.2, 0.25) is 5.91 Å². The van der Waals surface area contributed by atoms with Gasteiger partial charge in [0.1, 0.15) is 17.6 Å². The van der Waals surface area contributed by atoms with Crippen molar-refractivity contribution in [2.75, 3.05) is 40.5 Å². The molecule has 2 atom stereocenters. The highest BCUT2D eigenvalue weighted by Crippen LogP contribution is 2.30. The molecule has 0 unspecified atom stereocenters. The van der Waals surface area contributed by atoms with Gasteiger partial charge >= 0.3 is 0 Å². The van der Waals surface area contributed by atoms with Crippen molar-refractivity contribution in [2.45, 2.75) is 51.8 Å². The number of likely N-dealkylation sites (tertiary alicyclic amines) is 1. The van der Waals surface area contributed by atoms with Crippen molar-refractivity contribution < 1.29 is 28.5 Å². The van der Waals surface area contributed by atoms with E-state index in [2.05, 4.69) is 29.4 Å². The number of nitrogens with one attached hydrogen (secondary N) is 2. The number of aryl methyl sites for hydroxylation is 1. The molecule has 3 heterocycles. The summed E-state index contributed by atoms with van der Waals surface area (Å²) >= 11 is 0. The molecule has 0 spiro atoms. The number of methoxy groups -OCH3 is 2. The van der Waals surface area contributed by atoms with E-state index in [1.54, 1.807) is 20.3 Å². The zero-order valence-electron chi connectivity index (χ0n) is 22.7. The monoisotopic (exact) mass is 525 g/mol. The second kappa shape index (κ2) is 12.9. The second-order valence-electron chi connectivity index (χ2n) is 10.3. The molecule has 5 rings (SSSR count). The molecular weight excluding hydrogens is 486 g/mol. The van der Waals surface area contributed by atoms with Crippen LogP contribution in [0.15, 0.2) is 36.4 Å². The lowest BCUT2D eigenvalue weighted by molar-refractivity contribution is -0.125. The average molecular weight is 526 g/mol. The largest absolute Gasteiger partial charge is 0.496 e. The van der Waals surface area contributed by atoms with Crippen LogP contribution in [0.25, 0.3) is 0 Å². The van der Waals surface area contributed by atoms with Gasteiger partial charge in [0.15, 0.2) is 18.1 Å². The molecule has 9 nitrogen and oxygen atoms in total. The Morgan fingerprint density at radius 1 is 1.03 bits per heavy atom. The maximum absolute atomic E-state index is 13.0. The molecule has 2 aromatic rings. The quantitative estimate of drug-likeness (QED) is 0.633. The number of hydrogen-bond donors (Lipinski definition) is 2. The molecule has 0 aromatic heterocycles. The minimum atomic E-state index is -0.229. The van der Waals surface area contributed by atoms with Gasteiger partial charge in [-0.3, -0.25) is 9.59 Å². The standard InChI is InChI=1S/C29H39N3O6/c1-19(2)16-32-12-11-24-23(17-32)31-29(34)18-37-27-13-20(5-9-25(27)35-3)6-10-28(33)30-15-21-7-8-22(38-24)14-26(21)36-4/h5,7-9,13-14,19,23-24H,6,10-12,15-18H2,1-4H3,(H,30,33)(H,31,34)/t23-,24+/m1/s1. The number of fused-ring (bicyclic) bond motifs is 9. The number of nitrogens with zero attached hydrogens (tertiary/aromatic N) is 1. The maximum Gasteiger partial charge on any atom is 0.258 e. The summed E-state index contributed by atoms with van der Waals surface area (Å²) < 4.78 is 23.3. The molecule has 4 bridgehead atoms. The zero-order chi connectivity index (χ0) is 27.1. The molecule has 9 heteroatoms. The highest BCUT2D eigenvalue weighted by Gasteiger charge is 2.32. The number of carbonyl (C=O) groups is 2. The van der Waals surface area contributed by atoms with Gasteiger partial charge in [-0.15, -0.1) is 0 Å². The first-order valence-electron chi connectivity index (χ1n) is 13.3. The minimum Gasteiger partial charge on any atom is -0.496 e. The number of benzene rings is 2. The van der Waals surface area contributed by atoms with E-state index in [0.717, 1.165) is 30.6 Å². The molecule has 3 aliphatic rings. The average Bonchev–Trinajstić information content (AvgIpc) is 2.90. The molecule has 2 N–H and O–H groups in total. The van der Waals surface area contributed by atoms with Crippen LogP contribution in [-0.4, -0.2) is 69.3 Å². The molecule has 3 aliphatic heterocycles. The summed E-state index contributed by atoms with van der Waals surface area (Å²) in [6.45, 7) is 7.11. The van der Waals surface area contributed by atoms with Gasteiger partial charge in [0.05, 0.1) is 20.3 Å². The molecule has 0 saturated carbocycles. The molecule has 38 heavy (non-hydrogen) atoms. The van der Waals surface area contributed by atoms with Crippen molar-refractivity contribution >= 4 is 11.8 Å². The highest BCUT2D eigenvalue weighted by molar-refractivity contribution is 5.78. The van der Waals surface area contributed by atoms with Gasteiger partial charge in [0.25, 0.3) is 5.91 Å². The van der Waals surface area contributed by atoms with Crippen LogP contribution in [0.5, 0.6) is 23.0 Å². The number of hydrogen-bond acceptors (Lipinski definition) is 7. The zero-order valence-corrected chi connectivity index (χ0v) is 22.7. The first kappa shape index (κ1) is 27.6. The summed E-state index contributed by atoms with van der Waals surface area (Å²) in [5.74, 6) is 2.53. The predicted octanol–water partition coefficient (Wildman–Crippen LogP) is 2.94. The van der Waals surface area contributed by atoms with E-state index in [1.165, 1.54) is 0 Å². The third-order valence-corrected chi connectivity index (χ3v) is 6.85. The smallest absolute Gasteiger partial charge is 0.258 e. The normalized spacial score (nSPS) is 21.1. The first-order chi connectivity index (χ1) is 18.3. The Morgan fingerprint density at radius 3 is 2.61 bits per heavy atom. The maximum atomic E-state index is 13.0. The van der Waals surface area contributed by atoms with E-state index in [0.29, 0.717) is 54.8 Å². The van der Waals surface area contributed by atoms with Crippen molar-refractivity contribution in [3.05, 3.63) is 47.5 Å². The Balaban J connectivity index is 1.60. The van der Waals surface area contributed by atoms with Crippen LogP contribution in [0.4, 0.5) is 0 Å². The van der Waals surface area contributed by atoms with Crippen molar-refractivity contribution in [3.8, 4) is 23.0 Å². The van der Waals surface area contributed by atoms with E-state index >= 15 is 0 Å². The fraction of sp³-hybridized carbons (Fsp3) is 0.517. The number of piperidine rings is 1. The molecule has 0 radical (unpaired) electrons. The molecule has 2 aromatic carbocycles. The Hall–Kier alpha value is -3.46. The van der Waals surface area contributed by atoms with Crippen molar-refractivity contribution in [3.63, 3.8) is 0 Å². The van der Waals surface area contributed by atoms with Crippen LogP contribution in [0.1, 0.15) is 37.8 Å². The fourth-order valence-corrected chi connectivity index (χ4v) is 5.00. The van der Waals surface area contributed by atoms with Crippen LogP contribution in [0.3, 0.4) is 0 Å². The minimum absolute atomic E-state index is 0.0704. The van der Waals surface area contributed by atoms with Gasteiger partial charge in [-0.25, -0.2) is 0 Å². The number of amides is 2. The molecule has 2 amide bonds. The lowest BCUT2D eigenvalue weighted by Crippen LogP contribution is -2.58. The molecule has 1 fully saturated rings. The lowest BCUT2D eigenvalue weighted by atomic mass is 10.0. The van der Waals surface area contributed by atoms with E-state index in [9.17, 15) is 9.59 Å². The lowest BCUT2D eigenvalue weighted by Gasteiger charge is -2.39. The predicted molar refractivity (Wildman–Crippen MR) is 144 cm³/mol. The summed E-state index contributed by atoms with van der Waals surface area (Å²) in [7, 11) is 3.17. The van der Waals surface area contributed by atoms with E-state index in [1.807, 2.05) is 30.3 Å². The third kappa shape index (κ3) is 7.31. The SMILES string of the molecule is COc1cc2ccc1CNC(=O)CCc1ccc(OC)c(c1)OCC(=O)N[C@@H]1CN(CC(C)C)CC[C@@H]1O2.